The summed E-state index contributed by atoms with van der Waals surface area (Å²) in [5, 5.41) is 1.37. The van der Waals surface area contributed by atoms with Crippen LogP contribution in [0.5, 0.6) is 0 Å². The lowest BCUT2D eigenvalue weighted by Crippen LogP contribution is -2.23. The fourth-order valence-corrected chi connectivity index (χ4v) is 3.61. The van der Waals surface area contributed by atoms with Gasteiger partial charge in [0.15, 0.2) is 0 Å². The van der Waals surface area contributed by atoms with Gasteiger partial charge in [-0.1, -0.05) is 54.6 Å². The molecule has 4 nitrogen and oxygen atoms in total. The Kier molecular flexibility index (Phi) is 3.83. The average Bonchev–Trinajstić information content (AvgIpc) is 2.54. The Bertz CT molecular complexity index is 906. The van der Waals surface area contributed by atoms with Crippen LogP contribution in [-0.4, -0.2) is 8.42 Å². The minimum absolute atomic E-state index is 0.244. The van der Waals surface area contributed by atoms with Gasteiger partial charge in [-0.05, 0) is 17.7 Å². The molecule has 0 aliphatic carbocycles. The van der Waals surface area contributed by atoms with E-state index in [1.807, 2.05) is 42.5 Å². The monoisotopic (exact) mass is 312 g/mol. The predicted octanol–water partition coefficient (Wildman–Crippen LogP) is 2.90. The summed E-state index contributed by atoms with van der Waals surface area (Å²) < 4.78 is 27.8. The van der Waals surface area contributed by atoms with Crippen molar-refractivity contribution in [2.45, 2.75) is 11.4 Å². The fourth-order valence-electron chi connectivity index (χ4n) is 2.38. The summed E-state index contributed by atoms with van der Waals surface area (Å²) in [6.45, 7) is 0.252. The Balaban J connectivity index is 1.98. The molecule has 0 heterocycles. The maximum absolute atomic E-state index is 12.6. The molecule has 0 aliphatic rings. The summed E-state index contributed by atoms with van der Waals surface area (Å²) in [6, 6.07) is 19.8. The van der Waals surface area contributed by atoms with Crippen LogP contribution in [0.3, 0.4) is 0 Å². The van der Waals surface area contributed by atoms with Gasteiger partial charge in [0.1, 0.15) is 0 Å². The van der Waals surface area contributed by atoms with Crippen LogP contribution in [0.2, 0.25) is 0 Å². The molecule has 0 aromatic heterocycles. The standard InChI is InChI=1S/C17H16N2O2S/c18-16-10-11-17(15-9-5-4-8-14(15)16)22(20,21)19-12-13-6-2-1-3-7-13/h1-11,19H,12,18H2. The topological polar surface area (TPSA) is 72.2 Å². The number of fused-ring (bicyclic) bond motifs is 1. The highest BCUT2D eigenvalue weighted by Crippen LogP contribution is 2.27. The molecular formula is C17H16N2O2S. The third kappa shape index (κ3) is 2.81. The third-order valence-corrected chi connectivity index (χ3v) is 4.98. The molecule has 22 heavy (non-hydrogen) atoms. The second-order valence-corrected chi connectivity index (χ2v) is 6.74. The second-order valence-electron chi connectivity index (χ2n) is 5.01. The molecule has 3 rings (SSSR count). The number of nitrogens with one attached hydrogen (secondary N) is 1. The van der Waals surface area contributed by atoms with Crippen LogP contribution in [0.1, 0.15) is 5.56 Å². The van der Waals surface area contributed by atoms with Gasteiger partial charge >= 0.3 is 0 Å². The van der Waals surface area contributed by atoms with E-state index in [1.165, 1.54) is 0 Å². The molecule has 0 atom stereocenters. The van der Waals surface area contributed by atoms with Gasteiger partial charge in [-0.15, -0.1) is 0 Å². The zero-order valence-electron chi connectivity index (χ0n) is 11.9. The van der Waals surface area contributed by atoms with Gasteiger partial charge < -0.3 is 5.73 Å². The number of anilines is 1. The third-order valence-electron chi connectivity index (χ3n) is 3.52. The highest BCUT2D eigenvalue weighted by molar-refractivity contribution is 7.89. The molecule has 0 amide bonds. The Morgan fingerprint density at radius 3 is 2.18 bits per heavy atom. The number of rotatable bonds is 4. The SMILES string of the molecule is Nc1ccc(S(=O)(=O)NCc2ccccc2)c2ccccc12. The van der Waals surface area contributed by atoms with E-state index in [9.17, 15) is 8.42 Å². The molecular weight excluding hydrogens is 296 g/mol. The number of nitrogen functional groups attached to an aromatic ring is 1. The highest BCUT2D eigenvalue weighted by Gasteiger charge is 2.17. The maximum Gasteiger partial charge on any atom is 0.241 e. The number of nitrogens with two attached hydrogens (primary N) is 1. The summed E-state index contributed by atoms with van der Waals surface area (Å²) in [7, 11) is -3.61. The molecule has 0 spiro atoms. The van der Waals surface area contributed by atoms with E-state index < -0.39 is 10.0 Å². The quantitative estimate of drug-likeness (QED) is 0.728. The molecule has 0 fully saturated rings. The van der Waals surface area contributed by atoms with Crippen molar-refractivity contribution in [3.8, 4) is 0 Å². The Morgan fingerprint density at radius 2 is 1.45 bits per heavy atom. The molecule has 3 aromatic carbocycles. The summed E-state index contributed by atoms with van der Waals surface area (Å²) >= 11 is 0. The smallest absolute Gasteiger partial charge is 0.241 e. The van der Waals surface area contributed by atoms with Crippen molar-refractivity contribution in [2.75, 3.05) is 5.73 Å². The zero-order valence-corrected chi connectivity index (χ0v) is 12.7. The van der Waals surface area contributed by atoms with Crippen LogP contribution < -0.4 is 10.5 Å². The van der Waals surface area contributed by atoms with Crippen molar-refractivity contribution in [3.05, 3.63) is 72.3 Å². The van der Waals surface area contributed by atoms with Crippen LogP contribution in [0.15, 0.2) is 71.6 Å². The van der Waals surface area contributed by atoms with E-state index in [1.54, 1.807) is 24.3 Å². The average molecular weight is 312 g/mol. The Morgan fingerprint density at radius 1 is 0.818 bits per heavy atom. The first-order chi connectivity index (χ1) is 10.6. The number of hydrogen-bond acceptors (Lipinski definition) is 3. The van der Waals surface area contributed by atoms with E-state index in [0.29, 0.717) is 11.1 Å². The first-order valence-corrected chi connectivity index (χ1v) is 8.37. The molecule has 0 unspecified atom stereocenters. The van der Waals surface area contributed by atoms with Crippen molar-refractivity contribution in [1.82, 2.24) is 4.72 Å². The van der Waals surface area contributed by atoms with Gasteiger partial charge in [0, 0.05) is 23.0 Å². The van der Waals surface area contributed by atoms with Gasteiger partial charge in [0.2, 0.25) is 10.0 Å². The molecule has 0 saturated carbocycles. The molecule has 0 bridgehead atoms. The lowest BCUT2D eigenvalue weighted by molar-refractivity contribution is 0.582. The van der Waals surface area contributed by atoms with E-state index in [2.05, 4.69) is 4.72 Å². The Hall–Kier alpha value is -2.37. The maximum atomic E-state index is 12.6. The summed E-state index contributed by atoms with van der Waals surface area (Å²) in [5.74, 6) is 0. The molecule has 5 heteroatoms. The molecule has 112 valence electrons. The van der Waals surface area contributed by atoms with Crippen LogP contribution in [0.25, 0.3) is 10.8 Å². The first-order valence-electron chi connectivity index (χ1n) is 6.89. The molecule has 3 aromatic rings. The summed E-state index contributed by atoms with van der Waals surface area (Å²) in [5.41, 5.74) is 7.39. The van der Waals surface area contributed by atoms with Crippen molar-refractivity contribution >= 4 is 26.5 Å². The van der Waals surface area contributed by atoms with Gasteiger partial charge in [0.25, 0.3) is 0 Å². The van der Waals surface area contributed by atoms with Crippen molar-refractivity contribution < 1.29 is 8.42 Å². The van der Waals surface area contributed by atoms with E-state index >= 15 is 0 Å². The van der Waals surface area contributed by atoms with Crippen LogP contribution in [-0.2, 0) is 16.6 Å². The van der Waals surface area contributed by atoms with E-state index in [0.717, 1.165) is 10.9 Å². The zero-order chi connectivity index (χ0) is 15.6. The largest absolute Gasteiger partial charge is 0.398 e. The Labute approximate surface area is 129 Å². The lowest BCUT2D eigenvalue weighted by Gasteiger charge is -2.11. The van der Waals surface area contributed by atoms with Crippen LogP contribution in [0.4, 0.5) is 5.69 Å². The van der Waals surface area contributed by atoms with Gasteiger partial charge in [0.05, 0.1) is 4.90 Å². The lowest BCUT2D eigenvalue weighted by atomic mass is 10.1. The highest BCUT2D eigenvalue weighted by atomic mass is 32.2. The van der Waals surface area contributed by atoms with Crippen molar-refractivity contribution in [2.24, 2.45) is 0 Å². The van der Waals surface area contributed by atoms with Crippen molar-refractivity contribution in [3.63, 3.8) is 0 Å². The normalized spacial score (nSPS) is 11.6. The number of benzene rings is 3. The number of hydrogen-bond donors (Lipinski definition) is 2. The van der Waals surface area contributed by atoms with Gasteiger partial charge in [-0.2, -0.15) is 0 Å². The fraction of sp³-hybridized carbons (Fsp3) is 0.0588. The minimum Gasteiger partial charge on any atom is -0.398 e. The van der Waals surface area contributed by atoms with Crippen LogP contribution in [0, 0.1) is 0 Å². The first kappa shape index (κ1) is 14.6. The summed E-state index contributed by atoms with van der Waals surface area (Å²) in [4.78, 5) is 0.244. The van der Waals surface area contributed by atoms with Crippen molar-refractivity contribution in [1.29, 1.82) is 0 Å². The van der Waals surface area contributed by atoms with Gasteiger partial charge in [-0.3, -0.25) is 0 Å². The second kappa shape index (κ2) is 5.79. The molecule has 0 aliphatic heterocycles. The molecule has 0 saturated heterocycles. The van der Waals surface area contributed by atoms with Gasteiger partial charge in [-0.25, -0.2) is 13.1 Å². The number of sulfonamides is 1. The predicted molar refractivity (Wildman–Crippen MR) is 88.8 cm³/mol. The van der Waals surface area contributed by atoms with E-state index in [-0.39, 0.29) is 11.4 Å². The molecule has 3 N–H and O–H groups in total. The molecule has 0 radical (unpaired) electrons. The van der Waals surface area contributed by atoms with E-state index in [4.69, 9.17) is 5.73 Å². The van der Waals surface area contributed by atoms with Crippen LogP contribution >= 0.6 is 0 Å². The summed E-state index contributed by atoms with van der Waals surface area (Å²) in [6.07, 6.45) is 0. The minimum atomic E-state index is -3.61.